The molecule has 0 bridgehead atoms. The van der Waals surface area contributed by atoms with Gasteiger partial charge in [-0.25, -0.2) is 0 Å². The Morgan fingerprint density at radius 1 is 1.71 bits per heavy atom. The van der Waals surface area contributed by atoms with E-state index in [1.165, 1.54) is 0 Å². The Labute approximate surface area is 101 Å². The molecule has 0 spiro atoms. The lowest BCUT2D eigenvalue weighted by atomic mass is 10.1. The van der Waals surface area contributed by atoms with Crippen LogP contribution in [0.3, 0.4) is 0 Å². The summed E-state index contributed by atoms with van der Waals surface area (Å²) in [5, 5.41) is 14.1. The molecule has 0 saturated carbocycles. The van der Waals surface area contributed by atoms with Gasteiger partial charge in [-0.2, -0.15) is 0 Å². The van der Waals surface area contributed by atoms with Crippen LogP contribution in [0.5, 0.6) is 0 Å². The third kappa shape index (κ3) is 5.53. The number of carbonyl (C=O) groups excluding carboxylic acids is 1. The average molecular weight is 243 g/mol. The number of oxime groups is 1. The number of carbonyl (C=O) groups is 1. The Morgan fingerprint density at radius 3 is 3.06 bits per heavy atom. The summed E-state index contributed by atoms with van der Waals surface area (Å²) in [6, 6.07) is -0.122. The van der Waals surface area contributed by atoms with Gasteiger partial charge in [0.25, 0.3) is 0 Å². The van der Waals surface area contributed by atoms with Crippen LogP contribution in [0.1, 0.15) is 39.0 Å². The first-order valence-electron chi connectivity index (χ1n) is 5.99. The highest BCUT2D eigenvalue weighted by Crippen LogP contribution is 2.16. The number of nitrogens with two attached hydrogens (primary N) is 1. The molecule has 6 heteroatoms. The number of nitrogens with one attached hydrogen (secondary N) is 1. The van der Waals surface area contributed by atoms with Crippen molar-refractivity contribution in [2.75, 3.05) is 6.61 Å². The Balaban J connectivity index is 2.15. The maximum atomic E-state index is 11.6. The van der Waals surface area contributed by atoms with Crippen molar-refractivity contribution >= 4 is 11.7 Å². The molecule has 1 aliphatic rings. The van der Waals surface area contributed by atoms with Crippen molar-refractivity contribution in [2.45, 2.75) is 51.2 Å². The van der Waals surface area contributed by atoms with Gasteiger partial charge in [0.2, 0.25) is 5.91 Å². The van der Waals surface area contributed by atoms with E-state index >= 15 is 0 Å². The molecule has 98 valence electrons. The second-order valence-corrected chi connectivity index (χ2v) is 4.44. The largest absolute Gasteiger partial charge is 0.409 e. The van der Waals surface area contributed by atoms with E-state index in [4.69, 9.17) is 15.7 Å². The van der Waals surface area contributed by atoms with Crippen LogP contribution < -0.4 is 11.1 Å². The maximum absolute atomic E-state index is 11.6. The Kier molecular flexibility index (Phi) is 5.76. The number of nitrogens with zero attached hydrogens (tertiary/aromatic N) is 1. The van der Waals surface area contributed by atoms with E-state index in [2.05, 4.69) is 10.5 Å². The molecule has 4 N–H and O–H groups in total. The fourth-order valence-electron chi connectivity index (χ4n) is 1.92. The average Bonchev–Trinajstić information content (AvgIpc) is 2.78. The molecule has 1 aliphatic heterocycles. The number of amidine groups is 1. The van der Waals surface area contributed by atoms with Crippen LogP contribution in [0.25, 0.3) is 0 Å². The van der Waals surface area contributed by atoms with Gasteiger partial charge in [0.15, 0.2) is 0 Å². The van der Waals surface area contributed by atoms with Crippen molar-refractivity contribution in [1.82, 2.24) is 5.32 Å². The first-order valence-corrected chi connectivity index (χ1v) is 5.99. The molecule has 0 aromatic heterocycles. The van der Waals surface area contributed by atoms with Gasteiger partial charge in [-0.3, -0.25) is 4.79 Å². The molecular weight excluding hydrogens is 222 g/mol. The summed E-state index contributed by atoms with van der Waals surface area (Å²) in [6.45, 7) is 2.63. The van der Waals surface area contributed by atoms with E-state index in [1.807, 2.05) is 6.92 Å². The molecule has 2 atom stereocenters. The first kappa shape index (κ1) is 13.8. The molecular formula is C11H21N3O3. The van der Waals surface area contributed by atoms with Crippen LogP contribution in [0, 0.1) is 0 Å². The van der Waals surface area contributed by atoms with Crippen molar-refractivity contribution in [3.8, 4) is 0 Å². The smallest absolute Gasteiger partial charge is 0.220 e. The van der Waals surface area contributed by atoms with Gasteiger partial charge < -0.3 is 21.0 Å². The van der Waals surface area contributed by atoms with Gasteiger partial charge in [0.05, 0.1) is 6.10 Å². The summed E-state index contributed by atoms with van der Waals surface area (Å²) in [6.07, 6.45) is 3.95. The van der Waals surface area contributed by atoms with Crippen molar-refractivity contribution in [3.05, 3.63) is 0 Å². The summed E-state index contributed by atoms with van der Waals surface area (Å²) in [4.78, 5) is 11.6. The molecule has 0 aromatic carbocycles. The fourth-order valence-corrected chi connectivity index (χ4v) is 1.92. The second kappa shape index (κ2) is 7.11. The highest BCUT2D eigenvalue weighted by molar-refractivity contribution is 5.81. The standard InChI is InChI=1S/C11H21N3O3/c1-8(7-10(12)14-16)13-11(15)5-4-9-3-2-6-17-9/h8-9,16H,2-7H2,1H3,(H2,12,14)(H,13,15). The Hall–Kier alpha value is -1.30. The van der Waals surface area contributed by atoms with Gasteiger partial charge in [0, 0.05) is 25.5 Å². The molecule has 1 amide bonds. The zero-order valence-electron chi connectivity index (χ0n) is 10.2. The molecule has 17 heavy (non-hydrogen) atoms. The van der Waals surface area contributed by atoms with Gasteiger partial charge >= 0.3 is 0 Å². The number of hydrogen-bond donors (Lipinski definition) is 3. The lowest BCUT2D eigenvalue weighted by Gasteiger charge is -2.14. The van der Waals surface area contributed by atoms with Crippen LogP contribution in [0.2, 0.25) is 0 Å². The fraction of sp³-hybridized carbons (Fsp3) is 0.818. The van der Waals surface area contributed by atoms with Crippen LogP contribution in [0.4, 0.5) is 0 Å². The SMILES string of the molecule is CC(CC(N)=NO)NC(=O)CCC1CCCO1. The summed E-state index contributed by atoms with van der Waals surface area (Å²) >= 11 is 0. The lowest BCUT2D eigenvalue weighted by molar-refractivity contribution is -0.122. The maximum Gasteiger partial charge on any atom is 0.220 e. The zero-order valence-corrected chi connectivity index (χ0v) is 10.2. The van der Waals surface area contributed by atoms with Crippen LogP contribution >= 0.6 is 0 Å². The molecule has 1 rings (SSSR count). The van der Waals surface area contributed by atoms with Gasteiger partial charge in [-0.05, 0) is 26.2 Å². The van der Waals surface area contributed by atoms with E-state index < -0.39 is 0 Å². The zero-order chi connectivity index (χ0) is 12.7. The van der Waals surface area contributed by atoms with Gasteiger partial charge in [0.1, 0.15) is 5.84 Å². The number of ether oxygens (including phenoxy) is 1. The molecule has 0 aliphatic carbocycles. The highest BCUT2D eigenvalue weighted by Gasteiger charge is 2.17. The van der Waals surface area contributed by atoms with Gasteiger partial charge in [-0.1, -0.05) is 5.16 Å². The van der Waals surface area contributed by atoms with E-state index in [1.54, 1.807) is 0 Å². The Bertz CT molecular complexity index is 275. The second-order valence-electron chi connectivity index (χ2n) is 4.44. The Morgan fingerprint density at radius 2 is 2.47 bits per heavy atom. The van der Waals surface area contributed by atoms with Crippen molar-refractivity contribution in [3.63, 3.8) is 0 Å². The molecule has 6 nitrogen and oxygen atoms in total. The monoisotopic (exact) mass is 243 g/mol. The van der Waals surface area contributed by atoms with E-state index in [9.17, 15) is 4.79 Å². The molecule has 2 unspecified atom stereocenters. The quantitative estimate of drug-likeness (QED) is 0.275. The lowest BCUT2D eigenvalue weighted by Crippen LogP contribution is -2.36. The molecule has 1 saturated heterocycles. The predicted molar refractivity (Wildman–Crippen MR) is 63.8 cm³/mol. The number of amides is 1. The number of hydrogen-bond acceptors (Lipinski definition) is 4. The summed E-state index contributed by atoms with van der Waals surface area (Å²) in [5.41, 5.74) is 5.35. The third-order valence-corrected chi connectivity index (χ3v) is 2.77. The van der Waals surface area contributed by atoms with Crippen LogP contribution in [-0.4, -0.2) is 35.7 Å². The van der Waals surface area contributed by atoms with Crippen LogP contribution in [-0.2, 0) is 9.53 Å². The van der Waals surface area contributed by atoms with E-state index in [-0.39, 0.29) is 23.9 Å². The van der Waals surface area contributed by atoms with E-state index in [0.717, 1.165) is 25.9 Å². The topological polar surface area (TPSA) is 96.9 Å². The molecule has 0 aromatic rings. The molecule has 1 heterocycles. The molecule has 0 radical (unpaired) electrons. The molecule has 1 fully saturated rings. The normalized spacial score (nSPS) is 22.4. The van der Waals surface area contributed by atoms with Crippen molar-refractivity contribution < 1.29 is 14.7 Å². The summed E-state index contributed by atoms with van der Waals surface area (Å²) in [5.74, 6) is 0.107. The third-order valence-electron chi connectivity index (χ3n) is 2.77. The summed E-state index contributed by atoms with van der Waals surface area (Å²) < 4.78 is 5.44. The predicted octanol–water partition coefficient (Wildman–Crippen LogP) is 0.587. The van der Waals surface area contributed by atoms with Crippen LogP contribution in [0.15, 0.2) is 5.16 Å². The first-order chi connectivity index (χ1) is 8.11. The number of rotatable bonds is 6. The minimum absolute atomic E-state index is 0.0151. The van der Waals surface area contributed by atoms with Crippen molar-refractivity contribution in [1.29, 1.82) is 0 Å². The minimum atomic E-state index is -0.122. The van der Waals surface area contributed by atoms with Crippen molar-refractivity contribution in [2.24, 2.45) is 10.9 Å². The minimum Gasteiger partial charge on any atom is -0.409 e. The van der Waals surface area contributed by atoms with E-state index in [0.29, 0.717) is 12.8 Å². The van der Waals surface area contributed by atoms with Gasteiger partial charge in [-0.15, -0.1) is 0 Å². The highest BCUT2D eigenvalue weighted by atomic mass is 16.5. The summed E-state index contributed by atoms with van der Waals surface area (Å²) in [7, 11) is 0.